The molecule has 4 aromatic rings. The van der Waals surface area contributed by atoms with Crippen molar-refractivity contribution in [2.24, 2.45) is 0 Å². The van der Waals surface area contributed by atoms with Gasteiger partial charge < -0.3 is 9.72 Å². The summed E-state index contributed by atoms with van der Waals surface area (Å²) in [5.74, 6) is -2.04. The van der Waals surface area contributed by atoms with Crippen molar-refractivity contribution < 1.29 is 21.9 Å². The number of halogens is 3. The number of benzene rings is 3. The number of hydrogen-bond donors (Lipinski definition) is 2. The van der Waals surface area contributed by atoms with Gasteiger partial charge in [0, 0.05) is 34.8 Å². The van der Waals surface area contributed by atoms with E-state index in [9.17, 15) is 12.8 Å². The van der Waals surface area contributed by atoms with Crippen molar-refractivity contribution in [1.82, 2.24) is 4.98 Å². The second-order valence-electron chi connectivity index (χ2n) is 7.87. The zero-order chi connectivity index (χ0) is 24.5. The summed E-state index contributed by atoms with van der Waals surface area (Å²) in [7, 11) is -2.42. The fraction of sp³-hybridized carbons (Fsp3) is 0.200. The van der Waals surface area contributed by atoms with Gasteiger partial charge in [-0.1, -0.05) is 36.7 Å². The minimum atomic E-state index is -3.77. The molecule has 1 unspecified atom stereocenters. The molecule has 0 fully saturated rings. The van der Waals surface area contributed by atoms with E-state index >= 15 is 4.39 Å². The number of aromatic amines is 1. The molecule has 0 saturated heterocycles. The lowest BCUT2D eigenvalue weighted by Crippen LogP contribution is -2.18. The van der Waals surface area contributed by atoms with Gasteiger partial charge in [0.15, 0.2) is 5.82 Å². The summed E-state index contributed by atoms with van der Waals surface area (Å²) < 4.78 is 62.4. The largest absolute Gasteiger partial charge is 0.372 e. The van der Waals surface area contributed by atoms with Crippen LogP contribution in [0.2, 0.25) is 5.02 Å². The molecule has 1 aromatic heterocycles. The first-order chi connectivity index (χ1) is 16.2. The van der Waals surface area contributed by atoms with E-state index in [4.69, 9.17) is 16.3 Å². The van der Waals surface area contributed by atoms with Gasteiger partial charge in [-0.25, -0.2) is 17.2 Å². The van der Waals surface area contributed by atoms with Crippen LogP contribution in [0.5, 0.6) is 0 Å². The van der Waals surface area contributed by atoms with Crippen LogP contribution >= 0.6 is 11.6 Å². The molecular formula is C25H23ClF2N2O3S. The lowest BCUT2D eigenvalue weighted by Gasteiger charge is -2.19. The summed E-state index contributed by atoms with van der Waals surface area (Å²) in [5, 5.41) is 1.34. The van der Waals surface area contributed by atoms with Crippen molar-refractivity contribution in [1.29, 1.82) is 0 Å². The van der Waals surface area contributed by atoms with Crippen LogP contribution in [0.4, 0.5) is 14.5 Å². The van der Waals surface area contributed by atoms with Gasteiger partial charge >= 0.3 is 0 Å². The zero-order valence-corrected chi connectivity index (χ0v) is 20.1. The Balaban J connectivity index is 1.81. The summed E-state index contributed by atoms with van der Waals surface area (Å²) in [6.07, 6.45) is 0.874. The van der Waals surface area contributed by atoms with Gasteiger partial charge in [-0.05, 0) is 53.9 Å². The Morgan fingerprint density at radius 3 is 2.44 bits per heavy atom. The van der Waals surface area contributed by atoms with Crippen molar-refractivity contribution >= 4 is 38.2 Å². The number of fused-ring (bicyclic) bond motifs is 1. The van der Waals surface area contributed by atoms with Crippen molar-refractivity contribution in [3.63, 3.8) is 0 Å². The second-order valence-corrected chi connectivity index (χ2v) is 10.1. The molecule has 3 aromatic carbocycles. The standard InChI is InChI=1S/C25H23ClF2N2O3S/c1-3-12-34(31,32)30-22-11-9-20(27)23(24(22)28)25(33-2)19-14-29-21-10-6-16(13-18(19)21)15-4-7-17(26)8-5-15/h4-11,13-14,25,29-30H,3,12H2,1-2H3. The van der Waals surface area contributed by atoms with Crippen LogP contribution in [-0.4, -0.2) is 26.3 Å². The number of aromatic nitrogens is 1. The lowest BCUT2D eigenvalue weighted by molar-refractivity contribution is 0.130. The maximum Gasteiger partial charge on any atom is 0.232 e. The molecule has 0 radical (unpaired) electrons. The smallest absolute Gasteiger partial charge is 0.232 e. The zero-order valence-electron chi connectivity index (χ0n) is 18.5. The highest BCUT2D eigenvalue weighted by atomic mass is 35.5. The Morgan fingerprint density at radius 2 is 1.76 bits per heavy atom. The molecule has 4 rings (SSSR count). The van der Waals surface area contributed by atoms with E-state index in [1.165, 1.54) is 7.11 Å². The molecule has 178 valence electrons. The number of H-pyrrole nitrogens is 1. The van der Waals surface area contributed by atoms with Gasteiger partial charge in [-0.3, -0.25) is 4.72 Å². The first-order valence-corrected chi connectivity index (χ1v) is 12.6. The number of hydrogen-bond acceptors (Lipinski definition) is 3. The summed E-state index contributed by atoms with van der Waals surface area (Å²) in [6.45, 7) is 1.70. The van der Waals surface area contributed by atoms with Crippen LogP contribution in [0.1, 0.15) is 30.6 Å². The third-order valence-corrected chi connectivity index (χ3v) is 7.27. The fourth-order valence-corrected chi connectivity index (χ4v) is 5.22. The summed E-state index contributed by atoms with van der Waals surface area (Å²) in [5.41, 5.74) is 2.39. The summed E-state index contributed by atoms with van der Waals surface area (Å²) in [6, 6.07) is 15.1. The van der Waals surface area contributed by atoms with E-state index in [0.29, 0.717) is 17.0 Å². The minimum absolute atomic E-state index is 0.178. The number of sulfonamides is 1. The third-order valence-electron chi connectivity index (χ3n) is 5.54. The Hall–Kier alpha value is -2.94. The Kier molecular flexibility index (Phi) is 6.93. The van der Waals surface area contributed by atoms with Gasteiger partial charge in [0.25, 0.3) is 0 Å². The summed E-state index contributed by atoms with van der Waals surface area (Å²) >= 11 is 5.99. The van der Waals surface area contributed by atoms with E-state index in [0.717, 1.165) is 34.2 Å². The van der Waals surface area contributed by atoms with Gasteiger partial charge in [0.05, 0.1) is 17.0 Å². The molecule has 34 heavy (non-hydrogen) atoms. The van der Waals surface area contributed by atoms with E-state index in [1.54, 1.807) is 25.3 Å². The molecule has 9 heteroatoms. The van der Waals surface area contributed by atoms with Gasteiger partial charge in [0.1, 0.15) is 11.9 Å². The van der Waals surface area contributed by atoms with Crippen LogP contribution in [0.25, 0.3) is 22.0 Å². The molecule has 1 heterocycles. The first kappa shape index (κ1) is 24.2. The van der Waals surface area contributed by atoms with Crippen molar-refractivity contribution in [3.05, 3.63) is 88.6 Å². The van der Waals surface area contributed by atoms with E-state index in [1.807, 2.05) is 30.3 Å². The summed E-state index contributed by atoms with van der Waals surface area (Å²) in [4.78, 5) is 3.11. The molecule has 0 aliphatic rings. The molecule has 0 aliphatic heterocycles. The molecule has 0 saturated carbocycles. The number of methoxy groups -OCH3 is 1. The van der Waals surface area contributed by atoms with Gasteiger partial charge in [-0.2, -0.15) is 0 Å². The number of ether oxygens (including phenoxy) is 1. The van der Waals surface area contributed by atoms with Crippen molar-refractivity contribution in [2.45, 2.75) is 19.4 Å². The average molecular weight is 505 g/mol. The molecule has 5 nitrogen and oxygen atoms in total. The SMILES string of the molecule is CCCS(=O)(=O)Nc1ccc(F)c(C(OC)c2c[nH]c3ccc(-c4ccc(Cl)cc4)cc23)c1F. The Morgan fingerprint density at radius 1 is 1.06 bits per heavy atom. The third kappa shape index (κ3) is 4.80. The highest BCUT2D eigenvalue weighted by Crippen LogP contribution is 2.38. The Bertz CT molecular complexity index is 1440. The highest BCUT2D eigenvalue weighted by Gasteiger charge is 2.27. The molecule has 0 spiro atoms. The van der Waals surface area contributed by atoms with E-state index in [-0.39, 0.29) is 17.0 Å². The van der Waals surface area contributed by atoms with Gasteiger partial charge in [0.2, 0.25) is 10.0 Å². The minimum Gasteiger partial charge on any atom is -0.372 e. The van der Waals surface area contributed by atoms with E-state index in [2.05, 4.69) is 9.71 Å². The highest BCUT2D eigenvalue weighted by molar-refractivity contribution is 7.92. The second kappa shape index (κ2) is 9.74. The molecule has 1 atom stereocenters. The van der Waals surface area contributed by atoms with Crippen LogP contribution in [0.15, 0.2) is 60.8 Å². The maximum absolute atomic E-state index is 15.4. The molecule has 0 aliphatic carbocycles. The number of rotatable bonds is 8. The molecule has 0 amide bonds. The predicted molar refractivity (Wildman–Crippen MR) is 132 cm³/mol. The predicted octanol–water partition coefficient (Wildman–Crippen LogP) is 6.65. The monoisotopic (exact) mass is 504 g/mol. The average Bonchev–Trinajstić information content (AvgIpc) is 3.22. The number of anilines is 1. The maximum atomic E-state index is 15.4. The Labute approximate surface area is 201 Å². The lowest BCUT2D eigenvalue weighted by atomic mass is 9.97. The van der Waals surface area contributed by atoms with E-state index < -0.39 is 27.8 Å². The van der Waals surface area contributed by atoms with Crippen LogP contribution in [-0.2, 0) is 14.8 Å². The van der Waals surface area contributed by atoms with Gasteiger partial charge in [-0.15, -0.1) is 0 Å². The number of nitrogens with one attached hydrogen (secondary N) is 2. The molecule has 0 bridgehead atoms. The topological polar surface area (TPSA) is 71.2 Å². The van der Waals surface area contributed by atoms with Crippen LogP contribution in [0.3, 0.4) is 0 Å². The molecular weight excluding hydrogens is 482 g/mol. The fourth-order valence-electron chi connectivity index (χ4n) is 3.96. The van der Waals surface area contributed by atoms with Crippen LogP contribution < -0.4 is 4.72 Å². The van der Waals surface area contributed by atoms with Crippen molar-refractivity contribution in [3.8, 4) is 11.1 Å². The quantitative estimate of drug-likeness (QED) is 0.282. The first-order valence-electron chi connectivity index (χ1n) is 10.6. The van der Waals surface area contributed by atoms with Crippen LogP contribution in [0, 0.1) is 11.6 Å². The van der Waals surface area contributed by atoms with Crippen molar-refractivity contribution in [2.75, 3.05) is 17.6 Å². The normalized spacial score (nSPS) is 12.7. The molecule has 2 N–H and O–H groups in total.